The predicted molar refractivity (Wildman–Crippen MR) is 134 cm³/mol. The van der Waals surface area contributed by atoms with E-state index in [0.717, 1.165) is 17.2 Å². The summed E-state index contributed by atoms with van der Waals surface area (Å²) in [6, 6.07) is 18.5. The van der Waals surface area contributed by atoms with Crippen molar-refractivity contribution in [3.8, 4) is 16.9 Å². The van der Waals surface area contributed by atoms with Crippen LogP contribution in [0.3, 0.4) is 0 Å². The summed E-state index contributed by atoms with van der Waals surface area (Å²) < 4.78 is 42.8. The Kier molecular flexibility index (Phi) is 6.20. The van der Waals surface area contributed by atoms with Crippen LogP contribution in [-0.2, 0) is 12.7 Å². The van der Waals surface area contributed by atoms with Gasteiger partial charge < -0.3 is 5.32 Å². The maximum absolute atomic E-state index is 13.8. The van der Waals surface area contributed by atoms with E-state index in [2.05, 4.69) is 20.4 Å². The number of alkyl halides is 3. The highest BCUT2D eigenvalue weighted by atomic mass is 19.4. The van der Waals surface area contributed by atoms with Crippen molar-refractivity contribution in [1.29, 1.82) is 0 Å². The second-order valence-corrected chi connectivity index (χ2v) is 8.72. The number of pyridine rings is 2. The second kappa shape index (κ2) is 9.50. The normalized spacial score (nSPS) is 11.6. The Morgan fingerprint density at radius 1 is 1.00 bits per heavy atom. The van der Waals surface area contributed by atoms with Crippen LogP contribution in [0.4, 0.5) is 13.2 Å². The van der Waals surface area contributed by atoms with Crippen LogP contribution in [0.1, 0.15) is 32.9 Å². The molecule has 1 amide bonds. The number of halogens is 3. The smallest absolute Gasteiger partial charge is 0.347 e. The molecule has 0 aliphatic rings. The van der Waals surface area contributed by atoms with Gasteiger partial charge in [-0.15, -0.1) is 0 Å². The van der Waals surface area contributed by atoms with Crippen LogP contribution in [0.15, 0.2) is 79.1 Å². The van der Waals surface area contributed by atoms with Crippen LogP contribution in [0.5, 0.6) is 0 Å². The zero-order valence-corrected chi connectivity index (χ0v) is 20.0. The van der Waals surface area contributed by atoms with E-state index in [1.54, 1.807) is 49.6 Å². The van der Waals surface area contributed by atoms with Crippen LogP contribution in [-0.4, -0.2) is 25.7 Å². The van der Waals surface area contributed by atoms with Gasteiger partial charge in [0, 0.05) is 35.6 Å². The van der Waals surface area contributed by atoms with E-state index in [1.807, 2.05) is 31.2 Å². The van der Waals surface area contributed by atoms with Crippen molar-refractivity contribution in [2.24, 2.45) is 0 Å². The number of benzene rings is 2. The van der Waals surface area contributed by atoms with E-state index in [0.29, 0.717) is 29.2 Å². The molecule has 5 aromatic rings. The highest BCUT2D eigenvalue weighted by Crippen LogP contribution is 2.36. The van der Waals surface area contributed by atoms with E-state index in [-0.39, 0.29) is 16.6 Å². The van der Waals surface area contributed by atoms with E-state index >= 15 is 0 Å². The van der Waals surface area contributed by atoms with Gasteiger partial charge >= 0.3 is 6.18 Å². The largest absolute Gasteiger partial charge is 0.418 e. The van der Waals surface area contributed by atoms with Crippen molar-refractivity contribution >= 4 is 16.8 Å². The standard InChI is InChI=1S/C28H22F3N5O/c1-17-6-3-7-19(12-17)15-33-27(37)23-14-24(20-8-5-11-32-16-20)36(35-23)25-13-18(2)34-26-21(25)9-4-10-22(26)28(29,30)31/h3-14,16H,15H2,1-2H3,(H,33,37). The van der Waals surface area contributed by atoms with E-state index in [9.17, 15) is 18.0 Å². The molecule has 9 heteroatoms. The van der Waals surface area contributed by atoms with Crippen LogP contribution in [0, 0.1) is 13.8 Å². The van der Waals surface area contributed by atoms with Crippen molar-refractivity contribution in [1.82, 2.24) is 25.1 Å². The molecule has 0 fully saturated rings. The zero-order chi connectivity index (χ0) is 26.2. The summed E-state index contributed by atoms with van der Waals surface area (Å²) in [5, 5.41) is 7.67. The number of amides is 1. The average molecular weight is 502 g/mol. The number of carbonyl (C=O) groups is 1. The van der Waals surface area contributed by atoms with Crippen molar-refractivity contribution in [2.75, 3.05) is 0 Å². The maximum atomic E-state index is 13.8. The number of carbonyl (C=O) groups excluding carboxylic acids is 1. The van der Waals surface area contributed by atoms with Crippen LogP contribution < -0.4 is 5.32 Å². The van der Waals surface area contributed by atoms with Gasteiger partial charge in [-0.1, -0.05) is 42.0 Å². The molecule has 0 spiro atoms. The number of hydrogen-bond donors (Lipinski definition) is 1. The summed E-state index contributed by atoms with van der Waals surface area (Å²) in [4.78, 5) is 21.4. The van der Waals surface area contributed by atoms with Gasteiger partial charge in [0.2, 0.25) is 0 Å². The van der Waals surface area contributed by atoms with Gasteiger partial charge in [-0.2, -0.15) is 18.3 Å². The molecule has 3 heterocycles. The summed E-state index contributed by atoms with van der Waals surface area (Å²) in [6.07, 6.45) is -1.35. The first-order valence-corrected chi connectivity index (χ1v) is 11.5. The van der Waals surface area contributed by atoms with Crippen molar-refractivity contribution < 1.29 is 18.0 Å². The number of nitrogens with one attached hydrogen (secondary N) is 1. The number of aryl methyl sites for hydroxylation is 2. The number of aromatic nitrogens is 4. The number of rotatable bonds is 5. The average Bonchev–Trinajstić information content (AvgIpc) is 3.32. The minimum Gasteiger partial charge on any atom is -0.347 e. The van der Waals surface area contributed by atoms with Crippen LogP contribution >= 0.6 is 0 Å². The van der Waals surface area contributed by atoms with Gasteiger partial charge in [-0.05, 0) is 49.7 Å². The molecule has 0 radical (unpaired) electrons. The van der Waals surface area contributed by atoms with Crippen LogP contribution in [0.25, 0.3) is 27.8 Å². The minimum atomic E-state index is -4.57. The summed E-state index contributed by atoms with van der Waals surface area (Å²) in [6.45, 7) is 3.90. The number of hydrogen-bond acceptors (Lipinski definition) is 4. The summed E-state index contributed by atoms with van der Waals surface area (Å²) in [5.74, 6) is -0.406. The molecular weight excluding hydrogens is 479 g/mol. The number of fused-ring (bicyclic) bond motifs is 1. The molecule has 0 aliphatic heterocycles. The summed E-state index contributed by atoms with van der Waals surface area (Å²) in [7, 11) is 0. The first kappa shape index (κ1) is 24.2. The Bertz CT molecular complexity index is 1610. The third-order valence-electron chi connectivity index (χ3n) is 5.91. The predicted octanol–water partition coefficient (Wildman–Crippen LogP) is 6.05. The van der Waals surface area contributed by atoms with Crippen molar-refractivity contribution in [2.45, 2.75) is 26.6 Å². The molecule has 0 unspecified atom stereocenters. The quantitative estimate of drug-likeness (QED) is 0.318. The molecule has 37 heavy (non-hydrogen) atoms. The van der Waals surface area contributed by atoms with Gasteiger partial charge in [-0.25, -0.2) is 4.68 Å². The van der Waals surface area contributed by atoms with Crippen LogP contribution in [0.2, 0.25) is 0 Å². The fourth-order valence-corrected chi connectivity index (χ4v) is 4.25. The van der Waals surface area contributed by atoms with Gasteiger partial charge in [0.1, 0.15) is 0 Å². The Balaban J connectivity index is 1.63. The fourth-order valence-electron chi connectivity index (χ4n) is 4.25. The molecule has 5 rings (SSSR count). The third kappa shape index (κ3) is 4.93. The molecule has 186 valence electrons. The highest BCUT2D eigenvalue weighted by Gasteiger charge is 2.34. The zero-order valence-electron chi connectivity index (χ0n) is 20.0. The first-order valence-electron chi connectivity index (χ1n) is 11.5. The second-order valence-electron chi connectivity index (χ2n) is 8.72. The lowest BCUT2D eigenvalue weighted by Crippen LogP contribution is -2.23. The monoisotopic (exact) mass is 501 g/mol. The fraction of sp³-hybridized carbons (Fsp3) is 0.143. The maximum Gasteiger partial charge on any atom is 0.418 e. The number of nitrogens with zero attached hydrogens (tertiary/aromatic N) is 4. The lowest BCUT2D eigenvalue weighted by atomic mass is 10.1. The van der Waals surface area contributed by atoms with Crippen molar-refractivity contribution in [3.63, 3.8) is 0 Å². The molecule has 0 atom stereocenters. The molecule has 0 saturated carbocycles. The Morgan fingerprint density at radius 2 is 1.81 bits per heavy atom. The van der Waals surface area contributed by atoms with E-state index in [1.165, 1.54) is 10.7 Å². The number of para-hydroxylation sites is 1. The summed E-state index contributed by atoms with van der Waals surface area (Å²) in [5.41, 5.74) is 3.07. The molecule has 3 aromatic heterocycles. The lowest BCUT2D eigenvalue weighted by molar-refractivity contribution is -0.136. The molecule has 0 aliphatic carbocycles. The Hall–Kier alpha value is -4.53. The molecule has 0 saturated heterocycles. The molecule has 6 nitrogen and oxygen atoms in total. The Morgan fingerprint density at radius 3 is 2.54 bits per heavy atom. The SMILES string of the molecule is Cc1cccc(CNC(=O)c2cc(-c3cccnc3)n(-c3cc(C)nc4c(C(F)(F)F)cccc34)n2)c1. The molecular formula is C28H22F3N5O. The lowest BCUT2D eigenvalue weighted by Gasteiger charge is -2.15. The van der Waals surface area contributed by atoms with Gasteiger partial charge in [-0.3, -0.25) is 14.8 Å². The van der Waals surface area contributed by atoms with Gasteiger partial charge in [0.25, 0.3) is 5.91 Å². The van der Waals surface area contributed by atoms with Gasteiger partial charge in [0.15, 0.2) is 5.69 Å². The van der Waals surface area contributed by atoms with Crippen molar-refractivity contribution in [3.05, 3.63) is 107 Å². The van der Waals surface area contributed by atoms with E-state index in [4.69, 9.17) is 0 Å². The van der Waals surface area contributed by atoms with E-state index < -0.39 is 17.6 Å². The van der Waals surface area contributed by atoms with Gasteiger partial charge in [0.05, 0.1) is 22.5 Å². The molecule has 2 aromatic carbocycles. The minimum absolute atomic E-state index is 0.126. The third-order valence-corrected chi connectivity index (χ3v) is 5.91. The Labute approximate surface area is 210 Å². The summed E-state index contributed by atoms with van der Waals surface area (Å²) >= 11 is 0. The highest BCUT2D eigenvalue weighted by molar-refractivity contribution is 5.95. The molecule has 0 bridgehead atoms. The molecule has 1 N–H and O–H groups in total. The topological polar surface area (TPSA) is 72.7 Å². The first-order chi connectivity index (χ1) is 17.7.